The Morgan fingerprint density at radius 1 is 1.35 bits per heavy atom. The topological polar surface area (TPSA) is 65.5 Å². The molecule has 1 aromatic rings. The minimum Gasteiger partial charge on any atom is -0.352 e. The number of carbonyl (C=O) groups is 2. The zero-order valence-corrected chi connectivity index (χ0v) is 14.1. The average molecular weight is 334 g/mol. The summed E-state index contributed by atoms with van der Waals surface area (Å²) in [7, 11) is 0. The van der Waals surface area contributed by atoms with Crippen LogP contribution in [-0.2, 0) is 9.59 Å². The third kappa shape index (κ3) is 4.39. The minimum atomic E-state index is -0.126. The van der Waals surface area contributed by atoms with E-state index in [1.165, 1.54) is 11.3 Å². The first-order valence-corrected chi connectivity index (χ1v) is 8.97. The fourth-order valence-electron chi connectivity index (χ4n) is 2.61. The molecule has 1 aliphatic heterocycles. The highest BCUT2D eigenvalue weighted by Gasteiger charge is 2.30. The van der Waals surface area contributed by atoms with Gasteiger partial charge in [0.1, 0.15) is 0 Å². The maximum atomic E-state index is 12.2. The van der Waals surface area contributed by atoms with Crippen LogP contribution >= 0.6 is 11.3 Å². The summed E-state index contributed by atoms with van der Waals surface area (Å²) in [5, 5.41) is 4.95. The summed E-state index contributed by atoms with van der Waals surface area (Å²) in [6.45, 7) is 4.71. The van der Waals surface area contributed by atoms with Gasteiger partial charge in [-0.05, 0) is 25.8 Å². The number of hydrogen-bond donors (Lipinski definition) is 1. The molecule has 0 bridgehead atoms. The van der Waals surface area contributed by atoms with Crippen molar-refractivity contribution in [2.75, 3.05) is 26.2 Å². The quantitative estimate of drug-likeness (QED) is 0.815. The summed E-state index contributed by atoms with van der Waals surface area (Å²) in [5.41, 5.74) is 2.56. The van der Waals surface area contributed by atoms with Gasteiger partial charge < -0.3 is 10.2 Å². The number of nitrogens with zero attached hydrogens (tertiary/aromatic N) is 3. The molecule has 2 aliphatic rings. The first kappa shape index (κ1) is 16.1. The van der Waals surface area contributed by atoms with E-state index < -0.39 is 0 Å². The molecule has 2 heterocycles. The van der Waals surface area contributed by atoms with E-state index in [9.17, 15) is 9.59 Å². The van der Waals surface area contributed by atoms with Crippen LogP contribution in [0, 0.1) is 0 Å². The number of rotatable bonds is 5. The summed E-state index contributed by atoms with van der Waals surface area (Å²) in [6, 6.07) is 0.266. The van der Waals surface area contributed by atoms with Crippen LogP contribution in [0.5, 0.6) is 0 Å². The Balaban J connectivity index is 1.45. The molecular formula is C16H22N4O2S. The Kier molecular flexibility index (Phi) is 5.07. The van der Waals surface area contributed by atoms with Crippen LogP contribution < -0.4 is 5.32 Å². The third-order valence-electron chi connectivity index (χ3n) is 4.32. The van der Waals surface area contributed by atoms with Gasteiger partial charge in [-0.15, -0.1) is 11.3 Å². The number of carbonyl (C=O) groups excluding carboxylic acids is 2. The smallest absolute Gasteiger partial charge is 0.246 e. The van der Waals surface area contributed by atoms with Crippen LogP contribution in [0.4, 0.5) is 0 Å². The highest BCUT2D eigenvalue weighted by Crippen LogP contribution is 2.19. The second kappa shape index (κ2) is 7.23. The summed E-state index contributed by atoms with van der Waals surface area (Å²) >= 11 is 1.51. The Labute approximate surface area is 140 Å². The average Bonchev–Trinajstić information content (AvgIpc) is 3.23. The normalized spacial score (nSPS) is 20.7. The molecule has 2 fully saturated rings. The monoisotopic (exact) mass is 334 g/mol. The van der Waals surface area contributed by atoms with Crippen molar-refractivity contribution >= 4 is 29.2 Å². The Morgan fingerprint density at radius 2 is 2.09 bits per heavy atom. The highest BCUT2D eigenvalue weighted by molar-refractivity contribution is 7.07. The van der Waals surface area contributed by atoms with E-state index in [2.05, 4.69) is 15.2 Å². The van der Waals surface area contributed by atoms with Gasteiger partial charge in [0, 0.05) is 43.7 Å². The van der Waals surface area contributed by atoms with Crippen molar-refractivity contribution in [3.05, 3.63) is 22.7 Å². The molecule has 1 saturated heterocycles. The Hall–Kier alpha value is -1.73. The number of aromatic nitrogens is 1. The lowest BCUT2D eigenvalue weighted by Crippen LogP contribution is -2.55. The van der Waals surface area contributed by atoms with Crippen LogP contribution in [0.15, 0.2) is 17.0 Å². The SMILES string of the molecule is CC(C(=O)NC1CC1)N1CCN(C(=O)C=Cc2cscn2)CC1. The van der Waals surface area contributed by atoms with Gasteiger partial charge in [0.2, 0.25) is 11.8 Å². The van der Waals surface area contributed by atoms with Crippen molar-refractivity contribution in [2.45, 2.75) is 31.8 Å². The minimum absolute atomic E-state index is 0.00716. The van der Waals surface area contributed by atoms with Gasteiger partial charge >= 0.3 is 0 Å². The number of hydrogen-bond acceptors (Lipinski definition) is 5. The van der Waals surface area contributed by atoms with Crippen LogP contribution in [-0.4, -0.2) is 64.9 Å². The summed E-state index contributed by atoms with van der Waals surface area (Å²) in [4.78, 5) is 32.4. The fraction of sp³-hybridized carbons (Fsp3) is 0.562. The van der Waals surface area contributed by atoms with Crippen molar-refractivity contribution < 1.29 is 9.59 Å². The highest BCUT2D eigenvalue weighted by atomic mass is 32.1. The molecule has 1 aliphatic carbocycles. The Bertz CT molecular complexity index is 575. The fourth-order valence-corrected chi connectivity index (χ4v) is 3.13. The second-order valence-corrected chi connectivity index (χ2v) is 6.79. The molecule has 1 unspecified atom stereocenters. The van der Waals surface area contributed by atoms with Crippen molar-refractivity contribution in [1.29, 1.82) is 0 Å². The number of amides is 2. The molecule has 0 spiro atoms. The van der Waals surface area contributed by atoms with E-state index in [-0.39, 0.29) is 17.9 Å². The van der Waals surface area contributed by atoms with E-state index in [1.54, 1.807) is 17.7 Å². The summed E-state index contributed by atoms with van der Waals surface area (Å²) in [5.74, 6) is 0.114. The van der Waals surface area contributed by atoms with Crippen molar-refractivity contribution in [2.24, 2.45) is 0 Å². The largest absolute Gasteiger partial charge is 0.352 e. The molecule has 7 heteroatoms. The molecule has 1 saturated carbocycles. The van der Waals surface area contributed by atoms with E-state index in [4.69, 9.17) is 0 Å². The lowest BCUT2D eigenvalue weighted by Gasteiger charge is -2.37. The molecule has 23 heavy (non-hydrogen) atoms. The first-order valence-electron chi connectivity index (χ1n) is 8.03. The van der Waals surface area contributed by atoms with Crippen LogP contribution in [0.3, 0.4) is 0 Å². The van der Waals surface area contributed by atoms with E-state index in [0.29, 0.717) is 19.1 Å². The van der Waals surface area contributed by atoms with Gasteiger partial charge in [0.05, 0.1) is 17.2 Å². The van der Waals surface area contributed by atoms with Gasteiger partial charge in [0.25, 0.3) is 0 Å². The van der Waals surface area contributed by atoms with Gasteiger partial charge in [-0.2, -0.15) is 0 Å². The van der Waals surface area contributed by atoms with Gasteiger partial charge in [-0.3, -0.25) is 14.5 Å². The van der Waals surface area contributed by atoms with Crippen molar-refractivity contribution in [1.82, 2.24) is 20.1 Å². The van der Waals surface area contributed by atoms with Crippen molar-refractivity contribution in [3.8, 4) is 0 Å². The molecule has 1 N–H and O–H groups in total. The number of piperazine rings is 1. The molecule has 1 atom stereocenters. The van der Waals surface area contributed by atoms with E-state index >= 15 is 0 Å². The molecule has 2 amide bonds. The molecule has 1 aromatic heterocycles. The predicted molar refractivity (Wildman–Crippen MR) is 89.9 cm³/mol. The number of thiazole rings is 1. The van der Waals surface area contributed by atoms with Crippen molar-refractivity contribution in [3.63, 3.8) is 0 Å². The van der Waals surface area contributed by atoms with Gasteiger partial charge in [0.15, 0.2) is 0 Å². The predicted octanol–water partition coefficient (Wildman–Crippen LogP) is 0.968. The zero-order valence-electron chi connectivity index (χ0n) is 13.3. The summed E-state index contributed by atoms with van der Waals surface area (Å²) in [6.07, 6.45) is 5.53. The zero-order chi connectivity index (χ0) is 16.2. The van der Waals surface area contributed by atoms with Crippen LogP contribution in [0.1, 0.15) is 25.5 Å². The lowest BCUT2D eigenvalue weighted by molar-refractivity contribution is -0.130. The number of nitrogens with one attached hydrogen (secondary N) is 1. The first-order chi connectivity index (χ1) is 11.1. The molecule has 6 nitrogen and oxygen atoms in total. The van der Waals surface area contributed by atoms with Crippen LogP contribution in [0.2, 0.25) is 0 Å². The molecular weight excluding hydrogens is 312 g/mol. The molecule has 124 valence electrons. The Morgan fingerprint density at radius 3 is 2.70 bits per heavy atom. The maximum Gasteiger partial charge on any atom is 0.246 e. The van der Waals surface area contributed by atoms with Crippen LogP contribution in [0.25, 0.3) is 6.08 Å². The summed E-state index contributed by atoms with van der Waals surface area (Å²) < 4.78 is 0. The standard InChI is InChI=1S/C16H22N4O2S/c1-12(16(22)18-13-2-3-13)19-6-8-20(9-7-19)15(21)5-4-14-10-23-11-17-14/h4-5,10-13H,2-3,6-9H2,1H3,(H,18,22). The van der Waals surface area contributed by atoms with E-state index in [0.717, 1.165) is 31.6 Å². The van der Waals surface area contributed by atoms with E-state index in [1.807, 2.05) is 17.2 Å². The van der Waals surface area contributed by atoms with Gasteiger partial charge in [-0.1, -0.05) is 0 Å². The lowest BCUT2D eigenvalue weighted by atomic mass is 10.2. The molecule has 3 rings (SSSR count). The molecule has 0 aromatic carbocycles. The maximum absolute atomic E-state index is 12.2. The third-order valence-corrected chi connectivity index (χ3v) is 4.93. The molecule has 0 radical (unpaired) electrons. The van der Waals surface area contributed by atoms with Gasteiger partial charge in [-0.25, -0.2) is 4.98 Å². The second-order valence-electron chi connectivity index (χ2n) is 6.07.